The van der Waals surface area contributed by atoms with Gasteiger partial charge in [-0.15, -0.1) is 0 Å². The molecule has 0 spiro atoms. The summed E-state index contributed by atoms with van der Waals surface area (Å²) >= 11 is 0. The first-order chi connectivity index (χ1) is 6.55. The Morgan fingerprint density at radius 3 is 2.57 bits per heavy atom. The third-order valence-electron chi connectivity index (χ3n) is 3.43. The lowest BCUT2D eigenvalue weighted by Crippen LogP contribution is -2.46. The molecule has 14 heavy (non-hydrogen) atoms. The van der Waals surface area contributed by atoms with Crippen LogP contribution in [0.3, 0.4) is 0 Å². The Labute approximate surface area is 85.6 Å². The zero-order valence-corrected chi connectivity index (χ0v) is 9.25. The van der Waals surface area contributed by atoms with Crippen molar-refractivity contribution in [3.63, 3.8) is 0 Å². The first kappa shape index (κ1) is 11.7. The van der Waals surface area contributed by atoms with Gasteiger partial charge in [-0.3, -0.25) is 0 Å². The summed E-state index contributed by atoms with van der Waals surface area (Å²) in [5.74, 6) is -0.228. The van der Waals surface area contributed by atoms with E-state index in [1.54, 1.807) is 7.11 Å². The summed E-state index contributed by atoms with van der Waals surface area (Å²) in [5.41, 5.74) is 1.13. The minimum absolute atomic E-state index is 0.216. The second-order valence-corrected chi connectivity index (χ2v) is 4.33. The van der Waals surface area contributed by atoms with Crippen molar-refractivity contribution in [3.05, 3.63) is 12.2 Å². The van der Waals surface area contributed by atoms with Gasteiger partial charge in [0.1, 0.15) is 0 Å². The highest BCUT2D eigenvalue weighted by Crippen LogP contribution is 2.41. The zero-order valence-electron chi connectivity index (χ0n) is 9.25. The third-order valence-corrected chi connectivity index (χ3v) is 3.43. The number of allylic oxidation sites excluding steroid dienone is 1. The number of hydrogen-bond acceptors (Lipinski definition) is 3. The predicted octanol–water partition coefficient (Wildman–Crippen LogP) is 2.83. The summed E-state index contributed by atoms with van der Waals surface area (Å²) in [6.45, 7) is 7.99. The Hall–Kier alpha value is -0.380. The van der Waals surface area contributed by atoms with Crippen molar-refractivity contribution in [2.45, 2.75) is 38.9 Å². The quantitative estimate of drug-likeness (QED) is 0.329. The van der Waals surface area contributed by atoms with E-state index in [1.165, 1.54) is 0 Å². The molecule has 1 aliphatic carbocycles. The Bertz CT molecular complexity index is 209. The van der Waals surface area contributed by atoms with Gasteiger partial charge < -0.3 is 4.74 Å². The highest BCUT2D eigenvalue weighted by Gasteiger charge is 2.44. The molecule has 0 bridgehead atoms. The van der Waals surface area contributed by atoms with Gasteiger partial charge in [0.25, 0.3) is 0 Å². The third kappa shape index (κ3) is 2.00. The average Bonchev–Trinajstić information content (AvgIpc) is 2.19. The zero-order chi connectivity index (χ0) is 10.8. The molecule has 0 amide bonds. The lowest BCUT2D eigenvalue weighted by Gasteiger charge is -2.41. The van der Waals surface area contributed by atoms with Crippen LogP contribution in [0.15, 0.2) is 12.2 Å². The van der Waals surface area contributed by atoms with Crippen LogP contribution in [0.4, 0.5) is 0 Å². The summed E-state index contributed by atoms with van der Waals surface area (Å²) in [7, 11) is 1.58. The number of rotatable bonds is 3. The highest BCUT2D eigenvalue weighted by atomic mass is 17.1. The molecule has 3 atom stereocenters. The molecule has 0 unspecified atom stereocenters. The molecule has 1 aliphatic rings. The summed E-state index contributed by atoms with van der Waals surface area (Å²) in [4.78, 5) is 4.56. The van der Waals surface area contributed by atoms with Crippen molar-refractivity contribution in [3.8, 4) is 0 Å². The van der Waals surface area contributed by atoms with Crippen LogP contribution in [0.25, 0.3) is 0 Å². The standard InChI is InChI=1S/C11H20O3/c1-8(2)10-6-5-9(3)11(7-10,13-4)14-12/h9-10,12H,1,5-7H2,2-4H3/t9-,10+,11+/m0/s1. The van der Waals surface area contributed by atoms with Gasteiger partial charge in [0, 0.05) is 19.4 Å². The minimum atomic E-state index is -0.831. The molecule has 0 aliphatic heterocycles. The van der Waals surface area contributed by atoms with Gasteiger partial charge >= 0.3 is 0 Å². The fourth-order valence-electron chi connectivity index (χ4n) is 2.19. The predicted molar refractivity (Wildman–Crippen MR) is 54.8 cm³/mol. The summed E-state index contributed by atoms with van der Waals surface area (Å²) in [6.07, 6.45) is 2.79. The monoisotopic (exact) mass is 200 g/mol. The lowest BCUT2D eigenvalue weighted by atomic mass is 9.75. The van der Waals surface area contributed by atoms with Crippen LogP contribution in [0.2, 0.25) is 0 Å². The summed E-state index contributed by atoms with van der Waals surface area (Å²) < 4.78 is 5.31. The molecule has 0 aromatic heterocycles. The molecule has 1 saturated carbocycles. The molecule has 0 heterocycles. The minimum Gasteiger partial charge on any atom is -0.350 e. The van der Waals surface area contributed by atoms with Crippen LogP contribution in [0, 0.1) is 11.8 Å². The molecular formula is C11H20O3. The largest absolute Gasteiger partial charge is 0.350 e. The molecule has 3 nitrogen and oxygen atoms in total. The summed E-state index contributed by atoms with van der Waals surface area (Å²) in [5, 5.41) is 8.96. The molecule has 82 valence electrons. The SMILES string of the molecule is C=C(C)[C@@H]1CC[C@H](C)[C@](OC)(OO)C1. The van der Waals surface area contributed by atoms with E-state index in [1.807, 2.05) is 13.8 Å². The van der Waals surface area contributed by atoms with E-state index >= 15 is 0 Å². The number of ether oxygens (including phenoxy) is 1. The Morgan fingerprint density at radius 1 is 1.50 bits per heavy atom. The van der Waals surface area contributed by atoms with Gasteiger partial charge in [-0.05, 0) is 25.7 Å². The molecule has 0 saturated heterocycles. The van der Waals surface area contributed by atoms with Gasteiger partial charge in [-0.2, -0.15) is 0 Å². The van der Waals surface area contributed by atoms with Crippen LogP contribution in [-0.2, 0) is 9.62 Å². The second kappa shape index (κ2) is 4.43. The van der Waals surface area contributed by atoms with E-state index < -0.39 is 5.79 Å². The second-order valence-electron chi connectivity index (χ2n) is 4.33. The molecule has 0 aromatic carbocycles. The smallest absolute Gasteiger partial charge is 0.204 e. The van der Waals surface area contributed by atoms with Crippen molar-refractivity contribution >= 4 is 0 Å². The van der Waals surface area contributed by atoms with Crippen molar-refractivity contribution in [2.24, 2.45) is 11.8 Å². The van der Waals surface area contributed by atoms with Crippen molar-refractivity contribution < 1.29 is 14.9 Å². The Morgan fingerprint density at radius 2 is 2.14 bits per heavy atom. The maximum atomic E-state index is 8.96. The molecule has 3 heteroatoms. The molecule has 0 aromatic rings. The number of methoxy groups -OCH3 is 1. The van der Waals surface area contributed by atoms with Crippen molar-refractivity contribution in [1.82, 2.24) is 0 Å². The van der Waals surface area contributed by atoms with E-state index in [0.717, 1.165) is 18.4 Å². The van der Waals surface area contributed by atoms with Crippen molar-refractivity contribution in [1.29, 1.82) is 0 Å². The first-order valence-electron chi connectivity index (χ1n) is 5.09. The highest BCUT2D eigenvalue weighted by molar-refractivity contribution is 5.01. The molecular weight excluding hydrogens is 180 g/mol. The Kier molecular flexibility index (Phi) is 3.70. The average molecular weight is 200 g/mol. The van der Waals surface area contributed by atoms with E-state index in [9.17, 15) is 0 Å². The van der Waals surface area contributed by atoms with Gasteiger partial charge in [-0.25, -0.2) is 10.1 Å². The molecule has 1 fully saturated rings. The van der Waals surface area contributed by atoms with Crippen molar-refractivity contribution in [2.75, 3.05) is 7.11 Å². The van der Waals surface area contributed by atoms with E-state index in [-0.39, 0.29) is 5.92 Å². The lowest BCUT2D eigenvalue weighted by molar-refractivity contribution is -0.422. The maximum Gasteiger partial charge on any atom is 0.204 e. The topological polar surface area (TPSA) is 38.7 Å². The molecule has 1 N–H and O–H groups in total. The fraction of sp³-hybridized carbons (Fsp3) is 0.818. The van der Waals surface area contributed by atoms with E-state index in [2.05, 4.69) is 11.5 Å². The molecule has 1 rings (SSSR count). The maximum absolute atomic E-state index is 8.96. The molecule has 0 radical (unpaired) electrons. The van der Waals surface area contributed by atoms with Gasteiger partial charge in [0.05, 0.1) is 0 Å². The van der Waals surface area contributed by atoms with Crippen LogP contribution < -0.4 is 0 Å². The van der Waals surface area contributed by atoms with Crippen LogP contribution in [0.1, 0.15) is 33.1 Å². The number of hydrogen-bond donors (Lipinski definition) is 1. The van der Waals surface area contributed by atoms with Crippen LogP contribution in [-0.4, -0.2) is 18.2 Å². The van der Waals surface area contributed by atoms with Crippen LogP contribution in [0.5, 0.6) is 0 Å². The summed E-state index contributed by atoms with van der Waals surface area (Å²) in [6, 6.07) is 0. The van der Waals surface area contributed by atoms with E-state index in [4.69, 9.17) is 9.99 Å². The van der Waals surface area contributed by atoms with E-state index in [0.29, 0.717) is 12.3 Å². The van der Waals surface area contributed by atoms with Gasteiger partial charge in [-0.1, -0.05) is 19.1 Å². The normalized spacial score (nSPS) is 38.3. The van der Waals surface area contributed by atoms with Gasteiger partial charge in [0.15, 0.2) is 0 Å². The van der Waals surface area contributed by atoms with Crippen LogP contribution >= 0.6 is 0 Å². The Balaban J connectivity index is 2.76. The first-order valence-corrected chi connectivity index (χ1v) is 5.09. The fourth-order valence-corrected chi connectivity index (χ4v) is 2.19. The van der Waals surface area contributed by atoms with Gasteiger partial charge in [0.2, 0.25) is 5.79 Å².